The van der Waals surface area contributed by atoms with E-state index in [0.29, 0.717) is 0 Å². The minimum absolute atomic E-state index is 0.0447. The van der Waals surface area contributed by atoms with Crippen molar-refractivity contribution < 1.29 is 18.4 Å². The highest BCUT2D eigenvalue weighted by Crippen LogP contribution is 2.29. The van der Waals surface area contributed by atoms with Crippen LogP contribution in [-0.2, 0) is 10.0 Å². The first-order valence-corrected chi connectivity index (χ1v) is 6.98. The maximum absolute atomic E-state index is 12.3. The van der Waals surface area contributed by atoms with Gasteiger partial charge in [-0.25, -0.2) is 8.42 Å². The number of benzene rings is 1. The Morgan fingerprint density at radius 1 is 1.30 bits per heavy atom. The number of hydrogen-bond acceptors (Lipinski definition) is 5. The SMILES string of the molecule is C=CCN(CC=C)S(=O)(=O)c1ccc(O)c([N+](=O)[O-])c1. The van der Waals surface area contributed by atoms with Crippen LogP contribution >= 0.6 is 0 Å². The molecule has 7 nitrogen and oxygen atoms in total. The smallest absolute Gasteiger partial charge is 0.312 e. The average Bonchev–Trinajstić information content (AvgIpc) is 2.38. The number of nitrogens with zero attached hydrogens (tertiary/aromatic N) is 2. The van der Waals surface area contributed by atoms with Crippen LogP contribution in [0.4, 0.5) is 5.69 Å². The molecule has 1 aromatic rings. The molecule has 0 saturated carbocycles. The van der Waals surface area contributed by atoms with Gasteiger partial charge in [-0.2, -0.15) is 4.31 Å². The molecule has 0 saturated heterocycles. The molecule has 0 heterocycles. The van der Waals surface area contributed by atoms with Gasteiger partial charge in [0.25, 0.3) is 0 Å². The number of rotatable bonds is 7. The van der Waals surface area contributed by atoms with Crippen LogP contribution in [0.2, 0.25) is 0 Å². The van der Waals surface area contributed by atoms with E-state index in [0.717, 1.165) is 22.5 Å². The van der Waals surface area contributed by atoms with Gasteiger partial charge >= 0.3 is 5.69 Å². The van der Waals surface area contributed by atoms with Crippen molar-refractivity contribution in [2.24, 2.45) is 0 Å². The summed E-state index contributed by atoms with van der Waals surface area (Å²) >= 11 is 0. The molecule has 0 bridgehead atoms. The summed E-state index contributed by atoms with van der Waals surface area (Å²) in [5.74, 6) is -0.590. The molecule has 1 aromatic carbocycles. The van der Waals surface area contributed by atoms with E-state index < -0.39 is 26.4 Å². The third-order valence-corrected chi connectivity index (χ3v) is 4.27. The molecular formula is C12H14N2O5S. The Labute approximate surface area is 116 Å². The fourth-order valence-corrected chi connectivity index (χ4v) is 2.92. The standard InChI is InChI=1S/C12H14N2O5S/c1-3-7-13(8-4-2)20(18,19)10-5-6-12(15)11(9-10)14(16)17/h3-6,9,15H,1-2,7-8H2. The summed E-state index contributed by atoms with van der Waals surface area (Å²) < 4.78 is 25.7. The lowest BCUT2D eigenvalue weighted by Gasteiger charge is -2.18. The molecular weight excluding hydrogens is 284 g/mol. The van der Waals surface area contributed by atoms with Gasteiger partial charge in [-0.1, -0.05) is 12.2 Å². The molecule has 0 unspecified atom stereocenters. The van der Waals surface area contributed by atoms with Crippen molar-refractivity contribution in [1.29, 1.82) is 0 Å². The monoisotopic (exact) mass is 298 g/mol. The maximum atomic E-state index is 12.3. The number of phenolic OH excluding ortho intramolecular Hbond substituents is 1. The van der Waals surface area contributed by atoms with Crippen LogP contribution in [0.5, 0.6) is 5.75 Å². The molecule has 0 aliphatic carbocycles. The van der Waals surface area contributed by atoms with Gasteiger partial charge in [-0.3, -0.25) is 10.1 Å². The lowest BCUT2D eigenvalue weighted by atomic mass is 10.3. The van der Waals surface area contributed by atoms with Gasteiger partial charge in [-0.05, 0) is 12.1 Å². The van der Waals surface area contributed by atoms with E-state index in [1.165, 1.54) is 12.2 Å². The van der Waals surface area contributed by atoms with Crippen LogP contribution in [-0.4, -0.2) is 35.8 Å². The van der Waals surface area contributed by atoms with E-state index in [-0.39, 0.29) is 18.0 Å². The van der Waals surface area contributed by atoms with E-state index >= 15 is 0 Å². The number of aromatic hydroxyl groups is 1. The molecule has 108 valence electrons. The lowest BCUT2D eigenvalue weighted by Crippen LogP contribution is -2.31. The summed E-state index contributed by atoms with van der Waals surface area (Å²) in [6, 6.07) is 2.91. The number of nitro groups is 1. The number of nitro benzene ring substituents is 1. The molecule has 1 rings (SSSR count). The molecule has 0 atom stereocenters. The zero-order chi connectivity index (χ0) is 15.3. The van der Waals surface area contributed by atoms with E-state index in [1.54, 1.807) is 0 Å². The normalized spacial score (nSPS) is 11.2. The summed E-state index contributed by atoms with van der Waals surface area (Å²) in [5.41, 5.74) is -0.664. The number of sulfonamides is 1. The zero-order valence-corrected chi connectivity index (χ0v) is 11.4. The van der Waals surface area contributed by atoms with Gasteiger partial charge in [0.15, 0.2) is 5.75 Å². The summed E-state index contributed by atoms with van der Waals surface area (Å²) in [6.45, 7) is 7.01. The fourth-order valence-electron chi connectivity index (χ4n) is 1.52. The van der Waals surface area contributed by atoms with Gasteiger partial charge in [0.05, 0.1) is 9.82 Å². The molecule has 20 heavy (non-hydrogen) atoms. The first kappa shape index (κ1) is 15.9. The first-order valence-electron chi connectivity index (χ1n) is 5.54. The van der Waals surface area contributed by atoms with Crippen LogP contribution in [0.3, 0.4) is 0 Å². The molecule has 8 heteroatoms. The molecule has 0 spiro atoms. The Bertz CT molecular complexity index is 629. The molecule has 0 aliphatic heterocycles. The summed E-state index contributed by atoms with van der Waals surface area (Å²) in [7, 11) is -3.92. The summed E-state index contributed by atoms with van der Waals surface area (Å²) in [6.07, 6.45) is 2.80. The second-order valence-electron chi connectivity index (χ2n) is 3.81. The highest BCUT2D eigenvalue weighted by Gasteiger charge is 2.26. The van der Waals surface area contributed by atoms with Crippen molar-refractivity contribution in [3.05, 3.63) is 53.6 Å². The summed E-state index contributed by atoms with van der Waals surface area (Å²) in [5, 5.41) is 20.1. The highest BCUT2D eigenvalue weighted by molar-refractivity contribution is 7.89. The second-order valence-corrected chi connectivity index (χ2v) is 5.74. The highest BCUT2D eigenvalue weighted by atomic mass is 32.2. The van der Waals surface area contributed by atoms with Gasteiger partial charge in [0.1, 0.15) is 0 Å². The van der Waals surface area contributed by atoms with Crippen molar-refractivity contribution in [3.63, 3.8) is 0 Å². The van der Waals surface area contributed by atoms with E-state index in [2.05, 4.69) is 13.2 Å². The van der Waals surface area contributed by atoms with Gasteiger partial charge < -0.3 is 5.11 Å². The second kappa shape index (κ2) is 6.31. The molecule has 1 N–H and O–H groups in total. The average molecular weight is 298 g/mol. The first-order chi connectivity index (χ1) is 9.34. The Hall–Kier alpha value is -2.19. The Morgan fingerprint density at radius 2 is 1.85 bits per heavy atom. The molecule has 0 radical (unpaired) electrons. The van der Waals surface area contributed by atoms with E-state index in [9.17, 15) is 23.6 Å². The quantitative estimate of drug-likeness (QED) is 0.468. The van der Waals surface area contributed by atoms with E-state index in [4.69, 9.17) is 0 Å². The third-order valence-electron chi connectivity index (χ3n) is 2.45. The largest absolute Gasteiger partial charge is 0.502 e. The predicted octanol–water partition coefficient (Wildman–Crippen LogP) is 1.66. The molecule has 0 aromatic heterocycles. The van der Waals surface area contributed by atoms with E-state index in [1.807, 2.05) is 0 Å². The van der Waals surface area contributed by atoms with Crippen LogP contribution in [0.15, 0.2) is 48.4 Å². The predicted molar refractivity (Wildman–Crippen MR) is 73.9 cm³/mol. The van der Waals surface area contributed by atoms with Gasteiger partial charge in [0, 0.05) is 19.2 Å². The van der Waals surface area contributed by atoms with Gasteiger partial charge in [-0.15, -0.1) is 13.2 Å². The lowest BCUT2D eigenvalue weighted by molar-refractivity contribution is -0.386. The number of hydrogen-bond donors (Lipinski definition) is 1. The maximum Gasteiger partial charge on any atom is 0.312 e. The number of phenols is 1. The molecule has 0 aliphatic rings. The van der Waals surface area contributed by atoms with Crippen molar-refractivity contribution in [2.45, 2.75) is 4.90 Å². The van der Waals surface area contributed by atoms with Crippen LogP contribution in [0, 0.1) is 10.1 Å². The summed E-state index contributed by atoms with van der Waals surface area (Å²) in [4.78, 5) is 9.61. The Kier molecular flexibility index (Phi) is 5.00. The van der Waals surface area contributed by atoms with Gasteiger partial charge in [0.2, 0.25) is 10.0 Å². The minimum Gasteiger partial charge on any atom is -0.502 e. The molecule has 0 fully saturated rings. The van der Waals surface area contributed by atoms with Crippen molar-refractivity contribution in [3.8, 4) is 5.75 Å². The molecule has 0 amide bonds. The van der Waals surface area contributed by atoms with Crippen LogP contribution in [0.1, 0.15) is 0 Å². The Morgan fingerprint density at radius 3 is 2.30 bits per heavy atom. The third kappa shape index (κ3) is 3.22. The van der Waals surface area contributed by atoms with Crippen LogP contribution in [0.25, 0.3) is 0 Å². The van der Waals surface area contributed by atoms with Crippen LogP contribution < -0.4 is 0 Å². The Balaban J connectivity index is 3.33. The van der Waals surface area contributed by atoms with Crippen molar-refractivity contribution in [2.75, 3.05) is 13.1 Å². The zero-order valence-electron chi connectivity index (χ0n) is 10.6. The fraction of sp³-hybridized carbons (Fsp3) is 0.167. The topological polar surface area (TPSA) is 101 Å². The van der Waals surface area contributed by atoms with Crippen molar-refractivity contribution >= 4 is 15.7 Å². The minimum atomic E-state index is -3.92. The van der Waals surface area contributed by atoms with Crippen molar-refractivity contribution in [1.82, 2.24) is 4.31 Å².